The van der Waals surface area contributed by atoms with E-state index in [1.54, 1.807) is 25.3 Å². The van der Waals surface area contributed by atoms with Crippen LogP contribution in [0, 0.1) is 12.7 Å². The first-order valence-electron chi connectivity index (χ1n) is 6.45. The van der Waals surface area contributed by atoms with Gasteiger partial charge in [0.2, 0.25) is 0 Å². The molecule has 0 spiro atoms. The summed E-state index contributed by atoms with van der Waals surface area (Å²) in [5.41, 5.74) is 2.52. The zero-order chi connectivity index (χ0) is 13.9. The van der Waals surface area contributed by atoms with Crippen molar-refractivity contribution in [3.63, 3.8) is 0 Å². The second-order valence-corrected chi connectivity index (χ2v) is 4.69. The molecule has 0 atom stereocenters. The van der Waals surface area contributed by atoms with Crippen molar-refractivity contribution in [1.82, 2.24) is 4.98 Å². The van der Waals surface area contributed by atoms with Gasteiger partial charge in [-0.3, -0.25) is 4.98 Å². The molecule has 0 fully saturated rings. The Labute approximate surface area is 116 Å². The molecule has 2 nitrogen and oxygen atoms in total. The Hall–Kier alpha value is -2.42. The number of ether oxygens (including phenoxy) is 1. The van der Waals surface area contributed by atoms with Gasteiger partial charge in [0, 0.05) is 23.2 Å². The molecule has 3 heteroatoms. The summed E-state index contributed by atoms with van der Waals surface area (Å²) in [6.45, 7) is 2.10. The van der Waals surface area contributed by atoms with E-state index in [2.05, 4.69) is 4.98 Å². The van der Waals surface area contributed by atoms with Crippen LogP contribution in [0.3, 0.4) is 0 Å². The van der Waals surface area contributed by atoms with Crippen molar-refractivity contribution in [3.8, 4) is 5.75 Å². The maximum atomic E-state index is 13.5. The number of benzene rings is 2. The molecule has 0 saturated heterocycles. The molecular weight excluding hydrogens is 253 g/mol. The fourth-order valence-corrected chi connectivity index (χ4v) is 2.11. The fraction of sp³-hybridized carbons (Fsp3) is 0.118. The molecule has 0 aliphatic rings. The van der Waals surface area contributed by atoms with Crippen molar-refractivity contribution in [2.45, 2.75) is 13.5 Å². The van der Waals surface area contributed by atoms with Crippen LogP contribution in [0.4, 0.5) is 4.39 Å². The van der Waals surface area contributed by atoms with Gasteiger partial charge in [0.05, 0.1) is 5.52 Å². The molecule has 0 radical (unpaired) electrons. The lowest BCUT2D eigenvalue weighted by molar-refractivity contribution is 0.305. The SMILES string of the molecule is Cc1ccc(OCc2cccc3cccnc23)cc1F. The first-order chi connectivity index (χ1) is 9.74. The minimum Gasteiger partial charge on any atom is -0.489 e. The Morgan fingerprint density at radius 3 is 2.80 bits per heavy atom. The van der Waals surface area contributed by atoms with E-state index in [1.165, 1.54) is 6.07 Å². The van der Waals surface area contributed by atoms with Gasteiger partial charge in [0.25, 0.3) is 0 Å². The van der Waals surface area contributed by atoms with E-state index in [1.807, 2.05) is 30.3 Å². The highest BCUT2D eigenvalue weighted by atomic mass is 19.1. The quantitative estimate of drug-likeness (QED) is 0.707. The Morgan fingerprint density at radius 2 is 1.95 bits per heavy atom. The topological polar surface area (TPSA) is 22.1 Å². The van der Waals surface area contributed by atoms with Crippen LogP contribution in [0.2, 0.25) is 0 Å². The van der Waals surface area contributed by atoms with E-state index in [0.717, 1.165) is 16.5 Å². The second kappa shape index (κ2) is 5.29. The maximum Gasteiger partial charge on any atom is 0.129 e. The molecular formula is C17H14FNO. The van der Waals surface area contributed by atoms with E-state index in [9.17, 15) is 4.39 Å². The van der Waals surface area contributed by atoms with Crippen LogP contribution < -0.4 is 4.74 Å². The monoisotopic (exact) mass is 267 g/mol. The predicted octanol–water partition coefficient (Wildman–Crippen LogP) is 4.26. The van der Waals surface area contributed by atoms with Crippen LogP contribution in [-0.4, -0.2) is 4.98 Å². The third kappa shape index (κ3) is 2.48. The van der Waals surface area contributed by atoms with Crippen molar-refractivity contribution in [1.29, 1.82) is 0 Å². The normalized spacial score (nSPS) is 10.7. The van der Waals surface area contributed by atoms with E-state index >= 15 is 0 Å². The van der Waals surface area contributed by atoms with E-state index in [0.29, 0.717) is 17.9 Å². The number of halogens is 1. The van der Waals surface area contributed by atoms with Crippen LogP contribution in [0.1, 0.15) is 11.1 Å². The highest BCUT2D eigenvalue weighted by Crippen LogP contribution is 2.20. The molecule has 100 valence electrons. The van der Waals surface area contributed by atoms with Gasteiger partial charge in [-0.1, -0.05) is 30.3 Å². The van der Waals surface area contributed by atoms with Crippen molar-refractivity contribution in [2.24, 2.45) is 0 Å². The molecule has 0 saturated carbocycles. The lowest BCUT2D eigenvalue weighted by Crippen LogP contribution is -1.98. The third-order valence-corrected chi connectivity index (χ3v) is 3.25. The average Bonchev–Trinajstić information content (AvgIpc) is 2.48. The highest BCUT2D eigenvalue weighted by Gasteiger charge is 2.04. The lowest BCUT2D eigenvalue weighted by atomic mass is 10.1. The molecule has 0 bridgehead atoms. The first kappa shape index (κ1) is 12.6. The van der Waals surface area contributed by atoms with Crippen molar-refractivity contribution < 1.29 is 9.13 Å². The zero-order valence-electron chi connectivity index (χ0n) is 11.1. The number of rotatable bonds is 3. The minimum atomic E-state index is -0.251. The molecule has 3 aromatic rings. The summed E-state index contributed by atoms with van der Waals surface area (Å²) in [7, 11) is 0. The van der Waals surface area contributed by atoms with Gasteiger partial charge in [-0.2, -0.15) is 0 Å². The van der Waals surface area contributed by atoms with Crippen molar-refractivity contribution >= 4 is 10.9 Å². The van der Waals surface area contributed by atoms with Crippen molar-refractivity contribution in [3.05, 3.63) is 71.7 Å². The molecule has 1 heterocycles. The molecule has 0 aliphatic heterocycles. The molecule has 3 rings (SSSR count). The summed E-state index contributed by atoms with van der Waals surface area (Å²) in [5.74, 6) is 0.277. The van der Waals surface area contributed by atoms with E-state index in [-0.39, 0.29) is 5.82 Å². The largest absolute Gasteiger partial charge is 0.489 e. The van der Waals surface area contributed by atoms with Crippen LogP contribution in [0.25, 0.3) is 10.9 Å². The number of hydrogen-bond acceptors (Lipinski definition) is 2. The van der Waals surface area contributed by atoms with Crippen LogP contribution in [0.15, 0.2) is 54.7 Å². The maximum absolute atomic E-state index is 13.5. The molecule has 1 aromatic heterocycles. The number of aromatic nitrogens is 1. The zero-order valence-corrected chi connectivity index (χ0v) is 11.1. The molecule has 0 amide bonds. The van der Waals surface area contributed by atoms with Gasteiger partial charge >= 0.3 is 0 Å². The highest BCUT2D eigenvalue weighted by molar-refractivity contribution is 5.81. The van der Waals surface area contributed by atoms with Gasteiger partial charge in [-0.25, -0.2) is 4.39 Å². The number of nitrogens with zero attached hydrogens (tertiary/aromatic N) is 1. The summed E-state index contributed by atoms with van der Waals surface area (Å²) in [5, 5.41) is 1.07. The van der Waals surface area contributed by atoms with Gasteiger partial charge in [0.1, 0.15) is 18.2 Å². The van der Waals surface area contributed by atoms with Gasteiger partial charge < -0.3 is 4.74 Å². The number of fused-ring (bicyclic) bond motifs is 1. The fourth-order valence-electron chi connectivity index (χ4n) is 2.11. The number of hydrogen-bond donors (Lipinski definition) is 0. The van der Waals surface area contributed by atoms with E-state index in [4.69, 9.17) is 4.74 Å². The standard InChI is InChI=1S/C17H14FNO/c1-12-7-8-15(10-16(12)18)20-11-14-5-2-4-13-6-3-9-19-17(13)14/h2-10H,11H2,1H3. The second-order valence-electron chi connectivity index (χ2n) is 4.69. The number of pyridine rings is 1. The molecule has 2 aromatic carbocycles. The van der Waals surface area contributed by atoms with Crippen molar-refractivity contribution in [2.75, 3.05) is 0 Å². The molecule has 0 unspecified atom stereocenters. The number of aryl methyl sites for hydroxylation is 1. The molecule has 20 heavy (non-hydrogen) atoms. The summed E-state index contributed by atoms with van der Waals surface area (Å²) in [6, 6.07) is 14.8. The molecule has 0 N–H and O–H groups in total. The summed E-state index contributed by atoms with van der Waals surface area (Å²) < 4.78 is 19.1. The Balaban J connectivity index is 1.85. The third-order valence-electron chi connectivity index (χ3n) is 3.25. The number of para-hydroxylation sites is 1. The van der Waals surface area contributed by atoms with Gasteiger partial charge in [0.15, 0.2) is 0 Å². The average molecular weight is 267 g/mol. The van der Waals surface area contributed by atoms with Gasteiger partial charge in [-0.15, -0.1) is 0 Å². The van der Waals surface area contributed by atoms with Gasteiger partial charge in [-0.05, 0) is 24.6 Å². The Kier molecular flexibility index (Phi) is 3.33. The lowest BCUT2D eigenvalue weighted by Gasteiger charge is -2.09. The first-order valence-corrected chi connectivity index (χ1v) is 6.45. The summed E-state index contributed by atoms with van der Waals surface area (Å²) in [4.78, 5) is 4.37. The van der Waals surface area contributed by atoms with Crippen LogP contribution in [-0.2, 0) is 6.61 Å². The van der Waals surface area contributed by atoms with E-state index < -0.39 is 0 Å². The predicted molar refractivity (Wildman–Crippen MR) is 77.2 cm³/mol. The Bertz CT molecular complexity index is 750. The smallest absolute Gasteiger partial charge is 0.129 e. The minimum absolute atomic E-state index is 0.251. The summed E-state index contributed by atoms with van der Waals surface area (Å²) >= 11 is 0. The van der Waals surface area contributed by atoms with Crippen LogP contribution >= 0.6 is 0 Å². The van der Waals surface area contributed by atoms with Crippen LogP contribution in [0.5, 0.6) is 5.75 Å². The molecule has 0 aliphatic carbocycles. The summed E-state index contributed by atoms with van der Waals surface area (Å²) in [6.07, 6.45) is 1.76. The Morgan fingerprint density at radius 1 is 1.10 bits per heavy atom.